The van der Waals surface area contributed by atoms with Crippen LogP contribution in [0.3, 0.4) is 0 Å². The predicted molar refractivity (Wildman–Crippen MR) is 86.2 cm³/mol. The molecule has 2 N–H and O–H groups in total. The zero-order chi connectivity index (χ0) is 17.0. The number of rotatable bonds is 6. The third-order valence-corrected chi connectivity index (χ3v) is 3.35. The number of aliphatic carboxylic acids is 1. The molecule has 0 fully saturated rings. The fourth-order valence-corrected chi connectivity index (χ4v) is 2.16. The lowest BCUT2D eigenvalue weighted by molar-refractivity contribution is -0.384. The second kappa shape index (κ2) is 6.87. The van der Waals surface area contributed by atoms with Gasteiger partial charge in [-0.25, -0.2) is 9.78 Å². The quantitative estimate of drug-likeness (QED) is 0.626. The summed E-state index contributed by atoms with van der Waals surface area (Å²) in [4.78, 5) is 26.2. The summed E-state index contributed by atoms with van der Waals surface area (Å²) < 4.78 is 0. The number of anilines is 1. The van der Waals surface area contributed by atoms with Crippen LogP contribution in [0.4, 0.5) is 11.5 Å². The van der Waals surface area contributed by atoms with Crippen LogP contribution in [-0.2, 0) is 4.79 Å². The summed E-state index contributed by atoms with van der Waals surface area (Å²) in [5.41, 5.74) is 0.672. The summed E-state index contributed by atoms with van der Waals surface area (Å²) in [7, 11) is 0. The van der Waals surface area contributed by atoms with Crippen molar-refractivity contribution in [3.63, 3.8) is 0 Å². The normalized spacial score (nSPS) is 12.0. The maximum atomic E-state index is 11.3. The molecule has 0 radical (unpaired) electrons. The average molecular weight is 315 g/mol. The Morgan fingerprint density at radius 3 is 2.39 bits per heavy atom. The van der Waals surface area contributed by atoms with Crippen LogP contribution in [0.25, 0.3) is 11.3 Å². The van der Waals surface area contributed by atoms with Crippen LogP contribution in [0, 0.1) is 16.0 Å². The van der Waals surface area contributed by atoms with Gasteiger partial charge in [-0.3, -0.25) is 10.1 Å². The predicted octanol–water partition coefficient (Wildman–Crippen LogP) is 3.18. The Labute approximate surface area is 133 Å². The van der Waals surface area contributed by atoms with Crippen LogP contribution in [0.1, 0.15) is 13.8 Å². The fraction of sp³-hybridized carbons (Fsp3) is 0.250. The van der Waals surface area contributed by atoms with Gasteiger partial charge >= 0.3 is 5.97 Å². The van der Waals surface area contributed by atoms with Gasteiger partial charge < -0.3 is 10.4 Å². The van der Waals surface area contributed by atoms with Gasteiger partial charge in [0.1, 0.15) is 11.9 Å². The van der Waals surface area contributed by atoms with Crippen LogP contribution in [-0.4, -0.2) is 27.0 Å². The van der Waals surface area contributed by atoms with Crippen molar-refractivity contribution in [1.82, 2.24) is 4.98 Å². The first kappa shape index (κ1) is 16.4. The van der Waals surface area contributed by atoms with Crippen molar-refractivity contribution < 1.29 is 14.8 Å². The van der Waals surface area contributed by atoms with Crippen LogP contribution in [0.5, 0.6) is 0 Å². The molecule has 0 saturated carbocycles. The monoisotopic (exact) mass is 315 g/mol. The molecule has 0 aliphatic rings. The Morgan fingerprint density at radius 1 is 1.22 bits per heavy atom. The number of carboxylic acid groups (broad SMARTS) is 1. The average Bonchev–Trinajstić information content (AvgIpc) is 2.52. The molecule has 1 aromatic heterocycles. The first-order chi connectivity index (χ1) is 10.9. The van der Waals surface area contributed by atoms with Crippen molar-refractivity contribution in [2.75, 3.05) is 5.32 Å². The zero-order valence-corrected chi connectivity index (χ0v) is 12.8. The maximum absolute atomic E-state index is 11.3. The topological polar surface area (TPSA) is 105 Å². The van der Waals surface area contributed by atoms with E-state index in [9.17, 15) is 20.0 Å². The molecule has 1 heterocycles. The number of aromatic nitrogens is 1. The molecule has 0 bridgehead atoms. The van der Waals surface area contributed by atoms with E-state index in [1.165, 1.54) is 12.1 Å². The minimum atomic E-state index is -0.999. The second-order valence-corrected chi connectivity index (χ2v) is 5.39. The van der Waals surface area contributed by atoms with E-state index < -0.39 is 16.9 Å². The van der Waals surface area contributed by atoms with Gasteiger partial charge in [0, 0.05) is 11.6 Å². The second-order valence-electron chi connectivity index (χ2n) is 5.39. The Kier molecular flexibility index (Phi) is 4.90. The number of benzene rings is 1. The molecule has 2 rings (SSSR count). The number of carbonyl (C=O) groups is 1. The molecule has 0 saturated heterocycles. The molecule has 2 aromatic rings. The van der Waals surface area contributed by atoms with E-state index >= 15 is 0 Å². The van der Waals surface area contributed by atoms with Gasteiger partial charge in [0.05, 0.1) is 4.92 Å². The zero-order valence-electron chi connectivity index (χ0n) is 12.8. The summed E-state index contributed by atoms with van der Waals surface area (Å²) in [5, 5.41) is 23.3. The molecule has 7 heteroatoms. The molecule has 1 atom stereocenters. The van der Waals surface area contributed by atoms with E-state index in [1.54, 1.807) is 44.2 Å². The van der Waals surface area contributed by atoms with E-state index in [1.807, 2.05) is 0 Å². The van der Waals surface area contributed by atoms with Crippen molar-refractivity contribution >= 4 is 17.5 Å². The summed E-state index contributed by atoms with van der Waals surface area (Å²) in [5.74, 6) is -0.873. The molecular formula is C16H17N3O4. The Hall–Kier alpha value is -2.96. The van der Waals surface area contributed by atoms with Gasteiger partial charge in [-0.2, -0.15) is 0 Å². The van der Waals surface area contributed by atoms with Crippen molar-refractivity contribution in [3.05, 3.63) is 52.6 Å². The number of nitrogens with one attached hydrogen (secondary N) is 1. The van der Waals surface area contributed by atoms with E-state index in [-0.39, 0.29) is 23.1 Å². The highest BCUT2D eigenvalue weighted by Gasteiger charge is 2.23. The van der Waals surface area contributed by atoms with E-state index in [0.29, 0.717) is 5.56 Å². The summed E-state index contributed by atoms with van der Waals surface area (Å²) in [6.07, 6.45) is 0. The van der Waals surface area contributed by atoms with Crippen LogP contribution < -0.4 is 5.32 Å². The number of carboxylic acids is 1. The van der Waals surface area contributed by atoms with Gasteiger partial charge in [-0.1, -0.05) is 44.2 Å². The smallest absolute Gasteiger partial charge is 0.326 e. The number of hydrogen-bond donors (Lipinski definition) is 2. The first-order valence-corrected chi connectivity index (χ1v) is 7.10. The summed E-state index contributed by atoms with van der Waals surface area (Å²) in [6, 6.07) is 10.7. The molecule has 120 valence electrons. The van der Waals surface area contributed by atoms with Crippen molar-refractivity contribution in [2.24, 2.45) is 5.92 Å². The third-order valence-electron chi connectivity index (χ3n) is 3.35. The van der Waals surface area contributed by atoms with Crippen LogP contribution >= 0.6 is 0 Å². The first-order valence-electron chi connectivity index (χ1n) is 7.10. The van der Waals surface area contributed by atoms with E-state index in [2.05, 4.69) is 10.3 Å². The number of nitrogens with zero attached hydrogens (tertiary/aromatic N) is 2. The number of nitro groups is 1. The van der Waals surface area contributed by atoms with Crippen LogP contribution in [0.2, 0.25) is 0 Å². The van der Waals surface area contributed by atoms with Crippen LogP contribution in [0.15, 0.2) is 42.5 Å². The summed E-state index contributed by atoms with van der Waals surface area (Å²) >= 11 is 0. The Bertz CT molecular complexity index is 717. The van der Waals surface area contributed by atoms with Gasteiger partial charge in [0.2, 0.25) is 0 Å². The lowest BCUT2D eigenvalue weighted by Crippen LogP contribution is -2.34. The highest BCUT2D eigenvalue weighted by Crippen LogP contribution is 2.29. The van der Waals surface area contributed by atoms with E-state index in [4.69, 9.17) is 0 Å². The standard InChI is InChI=1S/C16H17N3O4/c1-10(2)14(16(20)21)17-13-9-8-12(19(22)23)15(18-13)11-6-4-3-5-7-11/h3-10,14H,1-2H3,(H,17,18)(H,20,21)/t14-/m0/s1. The minimum absolute atomic E-state index is 0.127. The Morgan fingerprint density at radius 2 is 1.87 bits per heavy atom. The molecule has 0 aliphatic heterocycles. The molecule has 7 nitrogen and oxygen atoms in total. The third kappa shape index (κ3) is 3.82. The van der Waals surface area contributed by atoms with Crippen molar-refractivity contribution in [2.45, 2.75) is 19.9 Å². The fourth-order valence-electron chi connectivity index (χ4n) is 2.16. The highest BCUT2D eigenvalue weighted by atomic mass is 16.6. The molecule has 0 spiro atoms. The van der Waals surface area contributed by atoms with Gasteiger partial charge in [-0.15, -0.1) is 0 Å². The lowest BCUT2D eigenvalue weighted by Gasteiger charge is -2.18. The molecular weight excluding hydrogens is 298 g/mol. The van der Waals surface area contributed by atoms with Gasteiger partial charge in [0.25, 0.3) is 5.69 Å². The molecule has 1 aromatic carbocycles. The minimum Gasteiger partial charge on any atom is -0.480 e. The summed E-state index contributed by atoms with van der Waals surface area (Å²) in [6.45, 7) is 3.55. The maximum Gasteiger partial charge on any atom is 0.326 e. The van der Waals surface area contributed by atoms with E-state index in [0.717, 1.165) is 0 Å². The number of hydrogen-bond acceptors (Lipinski definition) is 5. The van der Waals surface area contributed by atoms with Crippen molar-refractivity contribution in [3.8, 4) is 11.3 Å². The molecule has 0 unspecified atom stereocenters. The van der Waals surface area contributed by atoms with Crippen molar-refractivity contribution in [1.29, 1.82) is 0 Å². The molecule has 0 aliphatic carbocycles. The van der Waals surface area contributed by atoms with Gasteiger partial charge in [0.15, 0.2) is 5.69 Å². The van der Waals surface area contributed by atoms with Gasteiger partial charge in [-0.05, 0) is 12.0 Å². The molecule has 23 heavy (non-hydrogen) atoms. The lowest BCUT2D eigenvalue weighted by atomic mass is 10.0. The molecule has 0 amide bonds. The SMILES string of the molecule is CC(C)[C@H](Nc1ccc([N+](=O)[O-])c(-c2ccccc2)n1)C(=O)O. The largest absolute Gasteiger partial charge is 0.480 e. The number of pyridine rings is 1. The highest BCUT2D eigenvalue weighted by molar-refractivity contribution is 5.78. The Balaban J connectivity index is 2.45.